The monoisotopic (exact) mass is 354 g/mol. The number of carbonyl (C=O) groups excluding carboxylic acids is 1. The summed E-state index contributed by atoms with van der Waals surface area (Å²) in [6.45, 7) is 5.83. The Kier molecular flexibility index (Phi) is 5.52. The molecule has 3 rings (SSSR count). The molecule has 1 aromatic heterocycles. The van der Waals surface area contributed by atoms with Crippen LogP contribution in [-0.4, -0.2) is 35.6 Å². The van der Waals surface area contributed by atoms with Crippen LogP contribution in [0.5, 0.6) is 5.75 Å². The summed E-state index contributed by atoms with van der Waals surface area (Å²) in [5.74, 6) is 1.01. The molecule has 1 aliphatic rings. The van der Waals surface area contributed by atoms with E-state index in [0.717, 1.165) is 36.5 Å². The van der Waals surface area contributed by atoms with Crippen LogP contribution in [0.2, 0.25) is 0 Å². The number of ether oxygens (including phenoxy) is 1. The van der Waals surface area contributed by atoms with Crippen LogP contribution in [0.4, 0.5) is 23.1 Å². The molecular formula is C18H22N6O2. The van der Waals surface area contributed by atoms with E-state index in [9.17, 15) is 4.79 Å². The molecule has 1 aromatic carbocycles. The van der Waals surface area contributed by atoms with Gasteiger partial charge in [-0.05, 0) is 31.0 Å². The summed E-state index contributed by atoms with van der Waals surface area (Å²) in [6, 6.07) is 5.73. The van der Waals surface area contributed by atoms with E-state index in [1.807, 2.05) is 18.2 Å². The Morgan fingerprint density at radius 3 is 3.15 bits per heavy atom. The molecule has 0 unspecified atom stereocenters. The number of nitrogens with zero attached hydrogens (tertiary/aromatic N) is 2. The van der Waals surface area contributed by atoms with E-state index in [0.29, 0.717) is 24.9 Å². The Balaban J connectivity index is 1.80. The fraction of sp³-hybridized carbons (Fsp3) is 0.278. The lowest BCUT2D eigenvalue weighted by molar-refractivity contribution is 0.100. The first-order valence-electron chi connectivity index (χ1n) is 8.46. The minimum absolute atomic E-state index is 0.247. The first kappa shape index (κ1) is 17.5. The predicted octanol–water partition coefficient (Wildman–Crippen LogP) is 2.50. The molecule has 136 valence electrons. The van der Waals surface area contributed by atoms with E-state index in [1.54, 1.807) is 6.08 Å². The third-order valence-corrected chi connectivity index (χ3v) is 3.82. The lowest BCUT2D eigenvalue weighted by Crippen LogP contribution is -2.17. The van der Waals surface area contributed by atoms with Gasteiger partial charge in [0.05, 0.1) is 17.9 Å². The van der Waals surface area contributed by atoms with Gasteiger partial charge in [-0.3, -0.25) is 4.79 Å². The minimum Gasteiger partial charge on any atom is -0.491 e. The highest BCUT2D eigenvalue weighted by Gasteiger charge is 2.13. The van der Waals surface area contributed by atoms with Crippen molar-refractivity contribution in [3.05, 3.63) is 42.6 Å². The van der Waals surface area contributed by atoms with Gasteiger partial charge in [0.2, 0.25) is 5.95 Å². The third kappa shape index (κ3) is 4.21. The maximum absolute atomic E-state index is 11.6. The molecule has 0 aliphatic carbocycles. The summed E-state index contributed by atoms with van der Waals surface area (Å²) in [4.78, 5) is 20.1. The second kappa shape index (κ2) is 8.19. The van der Waals surface area contributed by atoms with Gasteiger partial charge in [0.1, 0.15) is 11.6 Å². The zero-order valence-corrected chi connectivity index (χ0v) is 14.4. The molecule has 26 heavy (non-hydrogen) atoms. The summed E-state index contributed by atoms with van der Waals surface area (Å²) >= 11 is 0. The van der Waals surface area contributed by atoms with Crippen molar-refractivity contribution in [1.82, 2.24) is 9.97 Å². The Hall–Kier alpha value is -3.29. The number of aromatic nitrogens is 2. The fourth-order valence-electron chi connectivity index (χ4n) is 2.53. The molecule has 2 aromatic rings. The highest BCUT2D eigenvalue weighted by atomic mass is 16.5. The van der Waals surface area contributed by atoms with Crippen LogP contribution in [0.3, 0.4) is 0 Å². The maximum Gasteiger partial charge on any atom is 0.254 e. The van der Waals surface area contributed by atoms with Crippen molar-refractivity contribution >= 4 is 29.0 Å². The number of hydrogen-bond acceptors (Lipinski definition) is 7. The van der Waals surface area contributed by atoms with Gasteiger partial charge in [-0.25, -0.2) is 4.98 Å². The van der Waals surface area contributed by atoms with Crippen LogP contribution in [0.15, 0.2) is 37.1 Å². The number of hydrogen-bond donors (Lipinski definition) is 4. The molecule has 8 nitrogen and oxygen atoms in total. The molecule has 1 aliphatic heterocycles. The first-order valence-corrected chi connectivity index (χ1v) is 8.46. The molecule has 2 heterocycles. The van der Waals surface area contributed by atoms with E-state index in [4.69, 9.17) is 10.5 Å². The van der Waals surface area contributed by atoms with E-state index in [1.165, 1.54) is 6.20 Å². The number of fused-ring (bicyclic) bond motifs is 1. The number of primary amides is 1. The van der Waals surface area contributed by atoms with Crippen molar-refractivity contribution in [2.75, 3.05) is 35.6 Å². The molecule has 0 atom stereocenters. The zero-order chi connectivity index (χ0) is 18.4. The summed E-state index contributed by atoms with van der Waals surface area (Å²) in [7, 11) is 0. The molecule has 1 amide bonds. The van der Waals surface area contributed by atoms with E-state index in [-0.39, 0.29) is 5.56 Å². The third-order valence-electron chi connectivity index (χ3n) is 3.82. The summed E-state index contributed by atoms with van der Waals surface area (Å²) in [5, 5.41) is 9.56. The molecule has 5 N–H and O–H groups in total. The van der Waals surface area contributed by atoms with E-state index < -0.39 is 5.91 Å². The Morgan fingerprint density at radius 1 is 1.46 bits per heavy atom. The number of benzene rings is 1. The summed E-state index contributed by atoms with van der Waals surface area (Å²) < 4.78 is 5.68. The Morgan fingerprint density at radius 2 is 2.35 bits per heavy atom. The molecule has 0 spiro atoms. The van der Waals surface area contributed by atoms with Crippen LogP contribution in [-0.2, 0) is 0 Å². The van der Waals surface area contributed by atoms with Crippen LogP contribution < -0.4 is 26.4 Å². The Labute approximate surface area is 151 Å². The average molecular weight is 354 g/mol. The molecule has 0 saturated carbocycles. The van der Waals surface area contributed by atoms with Gasteiger partial charge in [-0.15, -0.1) is 6.58 Å². The van der Waals surface area contributed by atoms with Gasteiger partial charge in [-0.1, -0.05) is 6.08 Å². The minimum atomic E-state index is -0.580. The molecule has 8 heteroatoms. The average Bonchev–Trinajstić information content (AvgIpc) is 2.87. The van der Waals surface area contributed by atoms with Gasteiger partial charge in [0.15, 0.2) is 0 Å². The second-order valence-corrected chi connectivity index (χ2v) is 5.79. The number of amides is 1. The molecular weight excluding hydrogens is 332 g/mol. The lowest BCUT2D eigenvalue weighted by atomic mass is 10.2. The highest BCUT2D eigenvalue weighted by Crippen LogP contribution is 2.30. The predicted molar refractivity (Wildman–Crippen MR) is 102 cm³/mol. The van der Waals surface area contributed by atoms with Crippen LogP contribution in [0.25, 0.3) is 0 Å². The Bertz CT molecular complexity index is 808. The number of carbonyl (C=O) groups is 1. The molecule has 0 radical (unpaired) electrons. The SMILES string of the molecule is C=CCCNc1nc(Nc2ccc3c(c2)NCCCO3)ncc1C(N)=O. The summed E-state index contributed by atoms with van der Waals surface area (Å²) in [6.07, 6.45) is 4.89. The van der Waals surface area contributed by atoms with Crippen molar-refractivity contribution in [3.8, 4) is 5.75 Å². The summed E-state index contributed by atoms with van der Waals surface area (Å²) in [5.41, 5.74) is 7.37. The van der Waals surface area contributed by atoms with Gasteiger partial charge < -0.3 is 26.4 Å². The number of nitrogens with two attached hydrogens (primary N) is 1. The topological polar surface area (TPSA) is 114 Å². The van der Waals surface area contributed by atoms with Gasteiger partial charge in [0, 0.05) is 25.0 Å². The number of rotatable bonds is 7. The maximum atomic E-state index is 11.6. The van der Waals surface area contributed by atoms with Gasteiger partial charge in [-0.2, -0.15) is 4.98 Å². The van der Waals surface area contributed by atoms with Gasteiger partial charge >= 0.3 is 0 Å². The van der Waals surface area contributed by atoms with Crippen molar-refractivity contribution in [2.45, 2.75) is 12.8 Å². The molecule has 0 fully saturated rings. The van der Waals surface area contributed by atoms with Crippen LogP contribution in [0.1, 0.15) is 23.2 Å². The van der Waals surface area contributed by atoms with E-state index in [2.05, 4.69) is 32.5 Å². The molecule has 0 bridgehead atoms. The van der Waals surface area contributed by atoms with E-state index >= 15 is 0 Å². The smallest absolute Gasteiger partial charge is 0.254 e. The van der Waals surface area contributed by atoms with Crippen molar-refractivity contribution < 1.29 is 9.53 Å². The van der Waals surface area contributed by atoms with Crippen LogP contribution in [0, 0.1) is 0 Å². The van der Waals surface area contributed by atoms with Crippen molar-refractivity contribution in [1.29, 1.82) is 0 Å². The second-order valence-electron chi connectivity index (χ2n) is 5.79. The first-order chi connectivity index (χ1) is 12.7. The van der Waals surface area contributed by atoms with Crippen LogP contribution >= 0.6 is 0 Å². The standard InChI is InChI=1S/C18H22N6O2/c1-2-3-7-21-17-13(16(19)25)11-22-18(24-17)23-12-5-6-15-14(10-12)20-8-4-9-26-15/h2,5-6,10-11,20H,1,3-4,7-9H2,(H2,19,25)(H2,21,22,23,24). The number of nitrogens with one attached hydrogen (secondary N) is 3. The number of anilines is 4. The zero-order valence-electron chi connectivity index (χ0n) is 14.4. The van der Waals surface area contributed by atoms with Crippen molar-refractivity contribution in [2.24, 2.45) is 5.73 Å². The van der Waals surface area contributed by atoms with Gasteiger partial charge in [0.25, 0.3) is 5.91 Å². The normalized spacial score (nSPS) is 12.8. The lowest BCUT2D eigenvalue weighted by Gasteiger charge is -2.13. The van der Waals surface area contributed by atoms with Crippen molar-refractivity contribution in [3.63, 3.8) is 0 Å². The molecule has 0 saturated heterocycles. The quantitative estimate of drug-likeness (QED) is 0.446. The highest BCUT2D eigenvalue weighted by molar-refractivity contribution is 5.97. The fourth-order valence-corrected chi connectivity index (χ4v) is 2.53. The largest absolute Gasteiger partial charge is 0.491 e.